The molecule has 0 radical (unpaired) electrons. The predicted molar refractivity (Wildman–Crippen MR) is 43.1 cm³/mol. The second-order valence-electron chi connectivity index (χ2n) is 2.65. The number of nitriles is 1. The SMILES string of the molecule is C=NC(C)(C#N)CCCC. The van der Waals surface area contributed by atoms with Crippen LogP contribution in [0, 0.1) is 11.3 Å². The van der Waals surface area contributed by atoms with E-state index in [4.69, 9.17) is 5.26 Å². The lowest BCUT2D eigenvalue weighted by Crippen LogP contribution is -2.17. The third kappa shape index (κ3) is 2.63. The number of hydrogen-bond donors (Lipinski definition) is 0. The molecular weight excluding hydrogens is 124 g/mol. The van der Waals surface area contributed by atoms with Crippen LogP contribution in [0.15, 0.2) is 4.99 Å². The third-order valence-electron chi connectivity index (χ3n) is 1.61. The predicted octanol–water partition coefficient (Wildman–Crippen LogP) is 2.16. The maximum absolute atomic E-state index is 8.63. The minimum Gasteiger partial charge on any atom is -0.279 e. The summed E-state index contributed by atoms with van der Waals surface area (Å²) in [6.45, 7) is 7.30. The van der Waals surface area contributed by atoms with Crippen LogP contribution in [0.25, 0.3) is 0 Å². The van der Waals surface area contributed by atoms with E-state index in [1.54, 1.807) is 0 Å². The van der Waals surface area contributed by atoms with Crippen molar-refractivity contribution in [3.63, 3.8) is 0 Å². The van der Waals surface area contributed by atoms with E-state index >= 15 is 0 Å². The normalized spacial score (nSPS) is 15.3. The number of nitrogens with zero attached hydrogens (tertiary/aromatic N) is 2. The molecule has 0 saturated carbocycles. The number of rotatable bonds is 4. The van der Waals surface area contributed by atoms with Crippen LogP contribution in [0.1, 0.15) is 33.1 Å². The molecule has 0 aliphatic rings. The van der Waals surface area contributed by atoms with Gasteiger partial charge in [0.15, 0.2) is 0 Å². The molecule has 1 unspecified atom stereocenters. The molecule has 0 amide bonds. The average molecular weight is 138 g/mol. The molecule has 0 rings (SSSR count). The van der Waals surface area contributed by atoms with Gasteiger partial charge < -0.3 is 0 Å². The lowest BCUT2D eigenvalue weighted by atomic mass is 9.98. The van der Waals surface area contributed by atoms with Crippen molar-refractivity contribution in [2.75, 3.05) is 0 Å². The Morgan fingerprint density at radius 1 is 1.70 bits per heavy atom. The number of unbranched alkanes of at least 4 members (excludes halogenated alkanes) is 1. The smallest absolute Gasteiger partial charge is 0.143 e. The van der Waals surface area contributed by atoms with Gasteiger partial charge in [-0.2, -0.15) is 5.26 Å². The van der Waals surface area contributed by atoms with Gasteiger partial charge in [-0.1, -0.05) is 19.8 Å². The van der Waals surface area contributed by atoms with Gasteiger partial charge in [0.05, 0.1) is 6.07 Å². The Morgan fingerprint density at radius 2 is 2.30 bits per heavy atom. The van der Waals surface area contributed by atoms with Gasteiger partial charge in [-0.3, -0.25) is 4.99 Å². The second kappa shape index (κ2) is 4.05. The first-order valence-electron chi connectivity index (χ1n) is 3.57. The van der Waals surface area contributed by atoms with Crippen molar-refractivity contribution in [2.45, 2.75) is 38.6 Å². The van der Waals surface area contributed by atoms with E-state index in [-0.39, 0.29) is 0 Å². The van der Waals surface area contributed by atoms with Gasteiger partial charge in [0.25, 0.3) is 0 Å². The summed E-state index contributed by atoms with van der Waals surface area (Å²) in [5.74, 6) is 0. The van der Waals surface area contributed by atoms with Crippen molar-refractivity contribution in [1.82, 2.24) is 0 Å². The molecule has 0 bridgehead atoms. The molecule has 0 aromatic carbocycles. The maximum atomic E-state index is 8.63. The van der Waals surface area contributed by atoms with E-state index in [0.717, 1.165) is 19.3 Å². The molecule has 0 fully saturated rings. The Labute approximate surface area is 62.6 Å². The number of hydrogen-bond acceptors (Lipinski definition) is 2. The average Bonchev–Trinajstić information content (AvgIpc) is 2.00. The standard InChI is InChI=1S/C8H14N2/c1-4-5-6-8(2,7-9)10-3/h3-6H2,1-2H3. The molecule has 0 aliphatic heterocycles. The molecule has 0 aliphatic carbocycles. The molecule has 0 spiro atoms. The van der Waals surface area contributed by atoms with Crippen molar-refractivity contribution in [3.8, 4) is 6.07 Å². The van der Waals surface area contributed by atoms with Crippen LogP contribution < -0.4 is 0 Å². The molecular formula is C8H14N2. The molecule has 10 heavy (non-hydrogen) atoms. The fourth-order valence-electron chi connectivity index (χ4n) is 0.691. The second-order valence-corrected chi connectivity index (χ2v) is 2.65. The Balaban J connectivity index is 3.84. The van der Waals surface area contributed by atoms with E-state index in [1.807, 2.05) is 6.92 Å². The molecule has 0 heterocycles. The van der Waals surface area contributed by atoms with Gasteiger partial charge >= 0.3 is 0 Å². The van der Waals surface area contributed by atoms with E-state index in [9.17, 15) is 0 Å². The van der Waals surface area contributed by atoms with Gasteiger partial charge in [0.2, 0.25) is 0 Å². The Kier molecular flexibility index (Phi) is 3.71. The lowest BCUT2D eigenvalue weighted by Gasteiger charge is -2.13. The van der Waals surface area contributed by atoms with Crippen LogP contribution in [-0.4, -0.2) is 12.3 Å². The quantitative estimate of drug-likeness (QED) is 0.548. The summed E-state index contributed by atoms with van der Waals surface area (Å²) >= 11 is 0. The molecule has 0 aromatic rings. The van der Waals surface area contributed by atoms with E-state index in [0.29, 0.717) is 0 Å². The summed E-state index contributed by atoms with van der Waals surface area (Å²) in [7, 11) is 0. The van der Waals surface area contributed by atoms with Gasteiger partial charge in [-0.15, -0.1) is 0 Å². The zero-order valence-electron chi connectivity index (χ0n) is 6.72. The first-order valence-corrected chi connectivity index (χ1v) is 3.57. The van der Waals surface area contributed by atoms with Gasteiger partial charge in [0, 0.05) is 0 Å². The highest BCUT2D eigenvalue weighted by molar-refractivity contribution is 5.28. The Bertz CT molecular complexity index is 146. The molecule has 0 saturated heterocycles. The van der Waals surface area contributed by atoms with Gasteiger partial charge in [-0.05, 0) is 20.1 Å². The molecule has 56 valence electrons. The van der Waals surface area contributed by atoms with E-state index < -0.39 is 5.54 Å². The summed E-state index contributed by atoms with van der Waals surface area (Å²) in [6, 6.07) is 2.13. The minimum atomic E-state index is -0.546. The molecule has 0 aromatic heterocycles. The summed E-state index contributed by atoms with van der Waals surface area (Å²) in [5, 5.41) is 8.63. The van der Waals surface area contributed by atoms with Gasteiger partial charge in [0.1, 0.15) is 5.54 Å². The summed E-state index contributed by atoms with van der Waals surface area (Å²) in [6.07, 6.45) is 2.97. The fourth-order valence-corrected chi connectivity index (χ4v) is 0.691. The van der Waals surface area contributed by atoms with Crippen LogP contribution in [0.2, 0.25) is 0 Å². The van der Waals surface area contributed by atoms with Gasteiger partial charge in [-0.25, -0.2) is 0 Å². The van der Waals surface area contributed by atoms with Crippen LogP contribution in [0.3, 0.4) is 0 Å². The van der Waals surface area contributed by atoms with Crippen molar-refractivity contribution >= 4 is 6.72 Å². The monoisotopic (exact) mass is 138 g/mol. The van der Waals surface area contributed by atoms with Crippen LogP contribution in [0.4, 0.5) is 0 Å². The summed E-state index contributed by atoms with van der Waals surface area (Å²) in [5.41, 5.74) is -0.546. The fraction of sp³-hybridized carbons (Fsp3) is 0.750. The molecule has 0 N–H and O–H groups in total. The highest BCUT2D eigenvalue weighted by atomic mass is 14.8. The van der Waals surface area contributed by atoms with Crippen molar-refractivity contribution < 1.29 is 0 Å². The summed E-state index contributed by atoms with van der Waals surface area (Å²) < 4.78 is 0. The largest absolute Gasteiger partial charge is 0.279 e. The lowest BCUT2D eigenvalue weighted by molar-refractivity contribution is 0.523. The zero-order valence-corrected chi connectivity index (χ0v) is 6.72. The third-order valence-corrected chi connectivity index (χ3v) is 1.61. The zero-order chi connectivity index (χ0) is 8.04. The maximum Gasteiger partial charge on any atom is 0.143 e. The van der Waals surface area contributed by atoms with E-state index in [2.05, 4.69) is 24.7 Å². The van der Waals surface area contributed by atoms with Crippen molar-refractivity contribution in [2.24, 2.45) is 4.99 Å². The molecule has 2 heteroatoms. The highest BCUT2D eigenvalue weighted by Crippen LogP contribution is 2.16. The first kappa shape index (κ1) is 9.16. The topological polar surface area (TPSA) is 36.1 Å². The van der Waals surface area contributed by atoms with E-state index in [1.165, 1.54) is 0 Å². The number of aliphatic imine (C=N–C) groups is 1. The molecule has 2 nitrogen and oxygen atoms in total. The Hall–Kier alpha value is -0.840. The molecule has 1 atom stereocenters. The van der Waals surface area contributed by atoms with Crippen molar-refractivity contribution in [3.05, 3.63) is 0 Å². The first-order chi connectivity index (χ1) is 4.68. The van der Waals surface area contributed by atoms with Crippen LogP contribution in [0.5, 0.6) is 0 Å². The minimum absolute atomic E-state index is 0.546. The summed E-state index contributed by atoms with van der Waals surface area (Å²) in [4.78, 5) is 3.76. The Morgan fingerprint density at radius 3 is 2.60 bits per heavy atom. The van der Waals surface area contributed by atoms with Crippen LogP contribution >= 0.6 is 0 Å². The van der Waals surface area contributed by atoms with Crippen LogP contribution in [-0.2, 0) is 0 Å². The highest BCUT2D eigenvalue weighted by Gasteiger charge is 2.19. The van der Waals surface area contributed by atoms with Crippen molar-refractivity contribution in [1.29, 1.82) is 5.26 Å².